The molecule has 7 heteroatoms. The summed E-state index contributed by atoms with van der Waals surface area (Å²) in [5.74, 6) is 0.0135. The number of carbonyl (C=O) groups is 1. The topological polar surface area (TPSA) is 84.8 Å². The highest BCUT2D eigenvalue weighted by Gasteiger charge is 2.09. The number of nitrogens with zero attached hydrogens (tertiary/aromatic N) is 3. The minimum absolute atomic E-state index is 0.0135. The number of rotatable bonds is 8. The Labute approximate surface area is 130 Å². The molecule has 0 radical (unpaired) electrons. The van der Waals surface area contributed by atoms with Crippen LogP contribution in [0.15, 0.2) is 12.5 Å². The van der Waals surface area contributed by atoms with Crippen molar-refractivity contribution in [3.8, 4) is 0 Å². The van der Waals surface area contributed by atoms with Gasteiger partial charge in [-0.1, -0.05) is 0 Å². The van der Waals surface area contributed by atoms with E-state index in [0.717, 1.165) is 29.2 Å². The molecule has 2 N–H and O–H groups in total. The lowest BCUT2D eigenvalue weighted by atomic mass is 10.1. The molecule has 0 atom stereocenters. The zero-order valence-electron chi connectivity index (χ0n) is 13.3. The molecule has 0 spiro atoms. The molecule has 0 aliphatic carbocycles. The summed E-state index contributed by atoms with van der Waals surface area (Å²) in [6.07, 6.45) is 4.58. The second-order valence-electron chi connectivity index (χ2n) is 5.27. The van der Waals surface area contributed by atoms with Crippen LogP contribution in [0.1, 0.15) is 29.1 Å². The van der Waals surface area contributed by atoms with E-state index in [1.807, 2.05) is 18.4 Å². The normalized spacial score (nSPS) is 10.9. The van der Waals surface area contributed by atoms with Crippen LogP contribution in [0.5, 0.6) is 0 Å². The molecule has 120 valence electrons. The number of aromatic nitrogens is 4. The third-order valence-electron chi connectivity index (χ3n) is 3.74. The lowest BCUT2D eigenvalue weighted by molar-refractivity contribution is -0.121. The van der Waals surface area contributed by atoms with Gasteiger partial charge in [-0.3, -0.25) is 9.89 Å². The predicted molar refractivity (Wildman–Crippen MR) is 82.3 cm³/mol. The first-order chi connectivity index (χ1) is 10.6. The second-order valence-corrected chi connectivity index (χ2v) is 5.27. The van der Waals surface area contributed by atoms with Crippen LogP contribution < -0.4 is 5.32 Å². The minimum atomic E-state index is 0.0135. The largest absolute Gasteiger partial charge is 0.383 e. The van der Waals surface area contributed by atoms with Crippen molar-refractivity contribution in [3.63, 3.8) is 0 Å². The number of nitrogens with one attached hydrogen (secondary N) is 2. The number of carbonyl (C=O) groups excluding carboxylic acids is 1. The van der Waals surface area contributed by atoms with Crippen LogP contribution in [-0.2, 0) is 29.0 Å². The molecule has 7 nitrogen and oxygen atoms in total. The molecule has 0 saturated carbocycles. The van der Waals surface area contributed by atoms with E-state index in [1.54, 1.807) is 19.6 Å². The van der Waals surface area contributed by atoms with Crippen molar-refractivity contribution in [2.45, 2.75) is 39.8 Å². The van der Waals surface area contributed by atoms with Crippen molar-refractivity contribution in [1.29, 1.82) is 0 Å². The maximum absolute atomic E-state index is 12.0. The Morgan fingerprint density at radius 2 is 2.27 bits per heavy atom. The standard InChI is InChI=1S/C15H23N5O2/c1-11-12(2)18-19-14(11)4-5-15(21)17-9-13-8-16-10-20(13)6-7-22-3/h8,10H,4-7,9H2,1-3H3,(H,17,21)(H,18,19). The van der Waals surface area contributed by atoms with E-state index in [-0.39, 0.29) is 5.91 Å². The van der Waals surface area contributed by atoms with Gasteiger partial charge >= 0.3 is 0 Å². The Kier molecular flexibility index (Phi) is 5.71. The third kappa shape index (κ3) is 4.17. The van der Waals surface area contributed by atoms with Gasteiger partial charge in [-0.2, -0.15) is 5.10 Å². The summed E-state index contributed by atoms with van der Waals surface area (Å²) in [7, 11) is 1.66. The van der Waals surface area contributed by atoms with Crippen LogP contribution in [0.25, 0.3) is 0 Å². The van der Waals surface area contributed by atoms with Crippen LogP contribution in [0, 0.1) is 13.8 Å². The van der Waals surface area contributed by atoms with Crippen LogP contribution in [-0.4, -0.2) is 39.4 Å². The van der Waals surface area contributed by atoms with Gasteiger partial charge in [-0.25, -0.2) is 4.98 Å². The summed E-state index contributed by atoms with van der Waals surface area (Å²) in [6.45, 7) is 5.82. The van der Waals surface area contributed by atoms with Crippen molar-refractivity contribution >= 4 is 5.91 Å². The molecule has 22 heavy (non-hydrogen) atoms. The summed E-state index contributed by atoms with van der Waals surface area (Å²) < 4.78 is 7.03. The highest BCUT2D eigenvalue weighted by atomic mass is 16.5. The molecule has 0 saturated heterocycles. The number of H-pyrrole nitrogens is 1. The van der Waals surface area contributed by atoms with E-state index in [1.165, 1.54) is 0 Å². The summed E-state index contributed by atoms with van der Waals surface area (Å²) in [5, 5.41) is 10.1. The summed E-state index contributed by atoms with van der Waals surface area (Å²) in [5.41, 5.74) is 4.11. The predicted octanol–water partition coefficient (Wildman–Crippen LogP) is 1.12. The van der Waals surface area contributed by atoms with Crippen molar-refractivity contribution in [2.24, 2.45) is 0 Å². The number of aromatic amines is 1. The molecule has 2 rings (SSSR count). The first-order valence-electron chi connectivity index (χ1n) is 7.37. The number of hydrogen-bond donors (Lipinski definition) is 2. The van der Waals surface area contributed by atoms with Gasteiger partial charge in [0, 0.05) is 38.4 Å². The zero-order chi connectivity index (χ0) is 15.9. The molecule has 1 amide bonds. The molecule has 2 heterocycles. The Morgan fingerprint density at radius 1 is 1.45 bits per heavy atom. The van der Waals surface area contributed by atoms with E-state index in [0.29, 0.717) is 26.0 Å². The van der Waals surface area contributed by atoms with Crippen LogP contribution >= 0.6 is 0 Å². The second kappa shape index (κ2) is 7.74. The lowest BCUT2D eigenvalue weighted by Gasteiger charge is -2.08. The maximum atomic E-state index is 12.0. The summed E-state index contributed by atoms with van der Waals surface area (Å²) in [6, 6.07) is 0. The van der Waals surface area contributed by atoms with Crippen LogP contribution in [0.4, 0.5) is 0 Å². The van der Waals surface area contributed by atoms with Gasteiger partial charge in [-0.05, 0) is 19.4 Å². The number of methoxy groups -OCH3 is 1. The van der Waals surface area contributed by atoms with Gasteiger partial charge in [-0.15, -0.1) is 0 Å². The van der Waals surface area contributed by atoms with E-state index >= 15 is 0 Å². The fraction of sp³-hybridized carbons (Fsp3) is 0.533. The summed E-state index contributed by atoms with van der Waals surface area (Å²) >= 11 is 0. The molecule has 0 bridgehead atoms. The van der Waals surface area contributed by atoms with Crippen molar-refractivity contribution in [2.75, 3.05) is 13.7 Å². The first-order valence-corrected chi connectivity index (χ1v) is 7.37. The molecular formula is C15H23N5O2. The monoisotopic (exact) mass is 305 g/mol. The fourth-order valence-electron chi connectivity index (χ4n) is 2.17. The van der Waals surface area contributed by atoms with E-state index < -0.39 is 0 Å². The zero-order valence-corrected chi connectivity index (χ0v) is 13.3. The molecular weight excluding hydrogens is 282 g/mol. The van der Waals surface area contributed by atoms with Crippen molar-refractivity contribution < 1.29 is 9.53 Å². The van der Waals surface area contributed by atoms with Crippen LogP contribution in [0.3, 0.4) is 0 Å². The van der Waals surface area contributed by atoms with Gasteiger partial charge in [0.25, 0.3) is 0 Å². The SMILES string of the molecule is COCCn1cncc1CNC(=O)CCc1n[nH]c(C)c1C. The highest BCUT2D eigenvalue weighted by Crippen LogP contribution is 2.10. The quantitative estimate of drug-likeness (QED) is 0.765. The average Bonchev–Trinajstić information content (AvgIpc) is 3.09. The van der Waals surface area contributed by atoms with Gasteiger partial charge in [0.1, 0.15) is 0 Å². The summed E-state index contributed by atoms with van der Waals surface area (Å²) in [4.78, 5) is 16.1. The Bertz CT molecular complexity index is 617. The van der Waals surface area contributed by atoms with E-state index in [2.05, 4.69) is 20.5 Å². The first kappa shape index (κ1) is 16.2. The van der Waals surface area contributed by atoms with E-state index in [4.69, 9.17) is 4.74 Å². The van der Waals surface area contributed by atoms with Gasteiger partial charge in [0.2, 0.25) is 5.91 Å². The third-order valence-corrected chi connectivity index (χ3v) is 3.74. The highest BCUT2D eigenvalue weighted by molar-refractivity contribution is 5.76. The molecule has 0 aliphatic rings. The van der Waals surface area contributed by atoms with Crippen molar-refractivity contribution in [1.82, 2.24) is 25.1 Å². The van der Waals surface area contributed by atoms with Crippen molar-refractivity contribution in [3.05, 3.63) is 35.2 Å². The number of ether oxygens (including phenoxy) is 1. The van der Waals surface area contributed by atoms with Crippen LogP contribution in [0.2, 0.25) is 0 Å². The molecule has 0 aromatic carbocycles. The molecule has 2 aromatic heterocycles. The van der Waals surface area contributed by atoms with Gasteiger partial charge in [0.05, 0.1) is 30.9 Å². The molecule has 0 fully saturated rings. The molecule has 0 unspecified atom stereocenters. The van der Waals surface area contributed by atoms with Gasteiger partial charge in [0.15, 0.2) is 0 Å². The maximum Gasteiger partial charge on any atom is 0.220 e. The number of amides is 1. The minimum Gasteiger partial charge on any atom is -0.383 e. The molecule has 0 aliphatic heterocycles. The Hall–Kier alpha value is -2.15. The lowest BCUT2D eigenvalue weighted by Crippen LogP contribution is -2.24. The fourth-order valence-corrected chi connectivity index (χ4v) is 2.17. The molecule has 2 aromatic rings. The smallest absolute Gasteiger partial charge is 0.220 e. The van der Waals surface area contributed by atoms with E-state index in [9.17, 15) is 4.79 Å². The van der Waals surface area contributed by atoms with Gasteiger partial charge < -0.3 is 14.6 Å². The number of imidazole rings is 1. The number of aryl methyl sites for hydroxylation is 2. The Balaban J connectivity index is 1.78. The number of hydrogen-bond acceptors (Lipinski definition) is 4. The Morgan fingerprint density at radius 3 is 2.95 bits per heavy atom. The average molecular weight is 305 g/mol.